The highest BCUT2D eigenvalue weighted by Crippen LogP contribution is 2.48. The number of halogens is 2. The van der Waals surface area contributed by atoms with Crippen molar-refractivity contribution in [3.05, 3.63) is 66.5 Å². The van der Waals surface area contributed by atoms with Crippen LogP contribution in [-0.2, 0) is 5.41 Å². The average Bonchev–Trinajstić information content (AvgIpc) is 3.46. The first kappa shape index (κ1) is 20.9. The zero-order valence-electron chi connectivity index (χ0n) is 16.4. The van der Waals surface area contributed by atoms with Crippen LogP contribution in [-0.4, -0.2) is 23.7 Å². The second kappa shape index (κ2) is 8.29. The van der Waals surface area contributed by atoms with Gasteiger partial charge in [0.05, 0.1) is 15.7 Å². The van der Waals surface area contributed by atoms with Crippen LogP contribution in [0.5, 0.6) is 0 Å². The van der Waals surface area contributed by atoms with Crippen LogP contribution in [0.25, 0.3) is 0 Å². The third-order valence-electron chi connectivity index (χ3n) is 5.42. The van der Waals surface area contributed by atoms with Crippen molar-refractivity contribution in [1.29, 1.82) is 0 Å². The highest BCUT2D eigenvalue weighted by atomic mass is 79.9. The Morgan fingerprint density at radius 3 is 2.64 bits per heavy atom. The number of amides is 1. The molecule has 28 heavy (non-hydrogen) atoms. The van der Waals surface area contributed by atoms with Crippen LogP contribution in [0.4, 0.5) is 0 Å². The highest BCUT2D eigenvalue weighted by molar-refractivity contribution is 9.10. The first-order chi connectivity index (χ1) is 13.3. The molecule has 1 aromatic heterocycles. The Kier molecular flexibility index (Phi) is 6.20. The lowest BCUT2D eigenvalue weighted by molar-refractivity contribution is 0.0947. The second-order valence-corrected chi connectivity index (χ2v) is 8.65. The molecule has 0 saturated heterocycles. The lowest BCUT2D eigenvalue weighted by atomic mass is 9.95. The first-order valence-electron chi connectivity index (χ1n) is 9.50. The summed E-state index contributed by atoms with van der Waals surface area (Å²) in [6.45, 7) is 6.80. The van der Waals surface area contributed by atoms with Gasteiger partial charge >= 0.3 is 0 Å². The van der Waals surface area contributed by atoms with E-state index in [4.69, 9.17) is 11.6 Å². The van der Waals surface area contributed by atoms with Gasteiger partial charge in [-0.3, -0.25) is 9.59 Å². The summed E-state index contributed by atoms with van der Waals surface area (Å²) >= 11 is 9.49. The summed E-state index contributed by atoms with van der Waals surface area (Å²) in [5.41, 5.74) is 5.81. The fourth-order valence-electron chi connectivity index (χ4n) is 3.53. The van der Waals surface area contributed by atoms with Gasteiger partial charge < -0.3 is 10.7 Å². The summed E-state index contributed by atoms with van der Waals surface area (Å²) in [4.78, 5) is 25.6. The molecule has 150 valence electrons. The molecule has 1 aliphatic rings. The predicted octanol–water partition coefficient (Wildman–Crippen LogP) is 4.30. The van der Waals surface area contributed by atoms with Crippen molar-refractivity contribution in [2.24, 2.45) is 0 Å². The molecule has 1 aromatic carbocycles. The molecule has 5 nitrogen and oxygen atoms in total. The molecule has 1 fully saturated rings. The monoisotopic (exact) mass is 465 g/mol. The number of benzene rings is 1. The summed E-state index contributed by atoms with van der Waals surface area (Å²) in [6.07, 6.45) is 2.92. The van der Waals surface area contributed by atoms with Crippen LogP contribution in [0.3, 0.4) is 0 Å². The third-order valence-corrected chi connectivity index (χ3v) is 6.59. The van der Waals surface area contributed by atoms with E-state index in [1.165, 1.54) is 4.68 Å². The normalized spacial score (nSPS) is 14.6. The number of rotatable bonds is 7. The minimum atomic E-state index is -0.183. The van der Waals surface area contributed by atoms with E-state index in [0.717, 1.165) is 24.8 Å². The Hall–Kier alpha value is -1.79. The number of nitrogens with zero attached hydrogens (tertiary/aromatic N) is 1. The van der Waals surface area contributed by atoms with Gasteiger partial charge in [-0.2, -0.15) is 0 Å². The van der Waals surface area contributed by atoms with Crippen molar-refractivity contribution in [1.82, 2.24) is 9.99 Å². The number of pyridine rings is 1. The van der Waals surface area contributed by atoms with E-state index in [1.807, 2.05) is 25.1 Å². The van der Waals surface area contributed by atoms with E-state index in [9.17, 15) is 9.59 Å². The van der Waals surface area contributed by atoms with Gasteiger partial charge in [0, 0.05) is 23.5 Å². The fraction of sp³-hybridized carbons (Fsp3) is 0.429. The van der Waals surface area contributed by atoms with Gasteiger partial charge in [-0.05, 0) is 72.3 Å². The topological polar surface area (TPSA) is 63.1 Å². The number of carbonyl (C=O) groups is 1. The van der Waals surface area contributed by atoms with Gasteiger partial charge in [-0.15, -0.1) is 0 Å². The van der Waals surface area contributed by atoms with Crippen molar-refractivity contribution in [2.45, 2.75) is 45.4 Å². The molecule has 0 unspecified atom stereocenters. The quantitative estimate of drug-likeness (QED) is 0.639. The van der Waals surface area contributed by atoms with Gasteiger partial charge in [-0.25, -0.2) is 4.68 Å². The summed E-state index contributed by atoms with van der Waals surface area (Å²) < 4.78 is 1.86. The molecular weight excluding hydrogens is 442 g/mol. The van der Waals surface area contributed by atoms with Crippen molar-refractivity contribution in [3.8, 4) is 0 Å². The maximum atomic E-state index is 13.0. The molecule has 0 bridgehead atoms. The number of hydrogen-bond donors (Lipinski definition) is 2. The Morgan fingerprint density at radius 1 is 1.32 bits per heavy atom. The highest BCUT2D eigenvalue weighted by Gasteiger charge is 2.44. The van der Waals surface area contributed by atoms with Crippen LogP contribution >= 0.6 is 27.5 Å². The van der Waals surface area contributed by atoms with Crippen LogP contribution in [0.15, 0.2) is 33.5 Å². The molecule has 1 saturated carbocycles. The maximum absolute atomic E-state index is 13.0. The molecule has 0 atom stereocenters. The van der Waals surface area contributed by atoms with Crippen molar-refractivity contribution >= 4 is 33.4 Å². The minimum Gasteiger partial charge on any atom is -0.351 e. The fourth-order valence-corrected chi connectivity index (χ4v) is 4.09. The summed E-state index contributed by atoms with van der Waals surface area (Å²) in [7, 11) is 0. The molecule has 2 aromatic rings. The number of hydrogen-bond acceptors (Lipinski definition) is 3. The van der Waals surface area contributed by atoms with Gasteiger partial charge in [0.2, 0.25) is 0 Å². The van der Waals surface area contributed by atoms with E-state index < -0.39 is 0 Å². The predicted molar refractivity (Wildman–Crippen MR) is 117 cm³/mol. The minimum absolute atomic E-state index is 0.0471. The standard InChI is InChI=1S/C21H25BrClN3O2/c1-4-10-25-26-14(3)17(13(2)18(22)20(26)28)19(27)24-12-21(8-9-21)15-6-5-7-16(23)11-15/h5-7,11,25H,4,8-10,12H2,1-3H3,(H,24,27). The summed E-state index contributed by atoms with van der Waals surface area (Å²) in [5, 5.41) is 3.79. The lowest BCUT2D eigenvalue weighted by Gasteiger charge is -2.21. The third kappa shape index (κ3) is 3.98. The van der Waals surface area contributed by atoms with Crippen molar-refractivity contribution < 1.29 is 4.79 Å². The number of aromatic nitrogens is 1. The average molecular weight is 467 g/mol. The number of carbonyl (C=O) groups excluding carboxylic acids is 1. The largest absolute Gasteiger partial charge is 0.351 e. The van der Waals surface area contributed by atoms with Crippen molar-refractivity contribution in [2.75, 3.05) is 18.5 Å². The van der Waals surface area contributed by atoms with Crippen LogP contribution in [0.1, 0.15) is 53.4 Å². The zero-order chi connectivity index (χ0) is 20.5. The first-order valence-corrected chi connectivity index (χ1v) is 10.7. The van der Waals surface area contributed by atoms with Crippen LogP contribution in [0.2, 0.25) is 5.02 Å². The van der Waals surface area contributed by atoms with E-state index in [0.29, 0.717) is 39.4 Å². The van der Waals surface area contributed by atoms with E-state index >= 15 is 0 Å². The second-order valence-electron chi connectivity index (χ2n) is 7.42. The molecular formula is C21H25BrClN3O2. The number of nitrogens with one attached hydrogen (secondary N) is 2. The van der Waals surface area contributed by atoms with E-state index in [1.54, 1.807) is 13.8 Å². The van der Waals surface area contributed by atoms with Crippen LogP contribution in [0, 0.1) is 13.8 Å². The molecule has 1 amide bonds. The summed E-state index contributed by atoms with van der Waals surface area (Å²) in [6, 6.07) is 7.84. The maximum Gasteiger partial charge on any atom is 0.283 e. The molecule has 3 rings (SSSR count). The Labute approximate surface area is 178 Å². The zero-order valence-corrected chi connectivity index (χ0v) is 18.7. The SMILES string of the molecule is CCCNn1c(C)c(C(=O)NCC2(c3cccc(Cl)c3)CC2)c(C)c(Br)c1=O. The smallest absolute Gasteiger partial charge is 0.283 e. The molecule has 2 N–H and O–H groups in total. The molecule has 0 aliphatic heterocycles. The Balaban J connectivity index is 1.85. The lowest BCUT2D eigenvalue weighted by Crippen LogP contribution is -2.38. The van der Waals surface area contributed by atoms with Crippen molar-refractivity contribution in [3.63, 3.8) is 0 Å². The molecule has 1 aliphatic carbocycles. The van der Waals surface area contributed by atoms with E-state index in [2.05, 4.69) is 32.7 Å². The van der Waals surface area contributed by atoms with Gasteiger partial charge in [0.1, 0.15) is 0 Å². The Bertz CT molecular complexity index is 967. The molecule has 0 radical (unpaired) electrons. The Morgan fingerprint density at radius 2 is 2.04 bits per heavy atom. The van der Waals surface area contributed by atoms with Crippen LogP contribution < -0.4 is 16.3 Å². The molecule has 1 heterocycles. The van der Waals surface area contributed by atoms with E-state index in [-0.39, 0.29) is 16.9 Å². The van der Waals surface area contributed by atoms with Gasteiger partial charge in [0.15, 0.2) is 0 Å². The van der Waals surface area contributed by atoms with Gasteiger partial charge in [-0.1, -0.05) is 30.7 Å². The molecule has 7 heteroatoms. The summed E-state index contributed by atoms with van der Waals surface area (Å²) in [5.74, 6) is -0.170. The van der Waals surface area contributed by atoms with Gasteiger partial charge in [0.25, 0.3) is 11.5 Å². The molecule has 0 spiro atoms.